The number of Topliss-reactive ketones (excluding diaryl/α,β-unsaturated/α-hetero) is 1. The van der Waals surface area contributed by atoms with Crippen molar-refractivity contribution >= 4 is 5.78 Å². The average molecular weight is 207 g/mol. The summed E-state index contributed by atoms with van der Waals surface area (Å²) in [5, 5.41) is 0. The summed E-state index contributed by atoms with van der Waals surface area (Å²) in [7, 11) is 0. The van der Waals surface area contributed by atoms with Gasteiger partial charge in [-0.15, -0.1) is 0 Å². The van der Waals surface area contributed by atoms with Crippen molar-refractivity contribution in [1.29, 1.82) is 0 Å². The average Bonchev–Trinajstić information content (AvgIpc) is 2.29. The first-order valence-electron chi connectivity index (χ1n) is 4.92. The van der Waals surface area contributed by atoms with Crippen LogP contribution in [-0.2, 0) is 9.47 Å². The first-order chi connectivity index (χ1) is 7.27. The highest BCUT2D eigenvalue weighted by Gasteiger charge is 2.23. The summed E-state index contributed by atoms with van der Waals surface area (Å²) in [4.78, 5) is 15.9. The lowest BCUT2D eigenvalue weighted by Crippen LogP contribution is -2.35. The molecule has 1 aliphatic rings. The van der Waals surface area contributed by atoms with Crippen molar-refractivity contribution in [3.05, 3.63) is 29.6 Å². The van der Waals surface area contributed by atoms with Crippen LogP contribution in [0.4, 0.5) is 0 Å². The number of aromatic nitrogens is 1. The number of pyridine rings is 1. The monoisotopic (exact) mass is 207 g/mol. The molecule has 1 aromatic rings. The fourth-order valence-corrected chi connectivity index (χ4v) is 1.51. The van der Waals surface area contributed by atoms with Gasteiger partial charge in [0.25, 0.3) is 0 Å². The fourth-order valence-electron chi connectivity index (χ4n) is 1.51. The molecule has 1 aliphatic heterocycles. The molecule has 0 N–H and O–H groups in total. The second-order valence-corrected chi connectivity index (χ2v) is 3.55. The number of hydrogen-bond acceptors (Lipinski definition) is 4. The number of ketones is 1. The minimum Gasteiger partial charge on any atom is -0.376 e. The van der Waals surface area contributed by atoms with Gasteiger partial charge in [-0.2, -0.15) is 0 Å². The Kier molecular flexibility index (Phi) is 3.08. The molecule has 1 fully saturated rings. The number of nitrogens with zero attached hydrogens (tertiary/aromatic N) is 1. The predicted octanol–water partition coefficient (Wildman–Crippen LogP) is 0.988. The van der Waals surface area contributed by atoms with Crippen LogP contribution in [0.3, 0.4) is 0 Å². The van der Waals surface area contributed by atoms with E-state index in [1.54, 1.807) is 12.4 Å². The van der Waals surface area contributed by atoms with Crippen molar-refractivity contribution in [3.63, 3.8) is 0 Å². The van der Waals surface area contributed by atoms with E-state index in [4.69, 9.17) is 9.47 Å². The summed E-state index contributed by atoms with van der Waals surface area (Å²) < 4.78 is 10.5. The molecule has 1 saturated heterocycles. The Balaban J connectivity index is 2.12. The maximum Gasteiger partial charge on any atom is 0.195 e. The maximum absolute atomic E-state index is 11.9. The highest BCUT2D eigenvalue weighted by molar-refractivity contribution is 5.99. The van der Waals surface area contributed by atoms with E-state index in [2.05, 4.69) is 4.98 Å². The quantitative estimate of drug-likeness (QED) is 0.678. The van der Waals surface area contributed by atoms with Crippen molar-refractivity contribution in [2.24, 2.45) is 0 Å². The van der Waals surface area contributed by atoms with Gasteiger partial charge in [0.05, 0.1) is 19.8 Å². The van der Waals surface area contributed by atoms with Gasteiger partial charge >= 0.3 is 0 Å². The summed E-state index contributed by atoms with van der Waals surface area (Å²) in [6.45, 7) is 3.29. The summed E-state index contributed by atoms with van der Waals surface area (Å²) in [6.07, 6.45) is 2.81. The number of ether oxygens (including phenoxy) is 2. The van der Waals surface area contributed by atoms with Crippen molar-refractivity contribution in [2.75, 3.05) is 19.8 Å². The molecule has 0 radical (unpaired) electrons. The van der Waals surface area contributed by atoms with Gasteiger partial charge in [-0.25, -0.2) is 0 Å². The third-order valence-corrected chi connectivity index (χ3v) is 2.27. The van der Waals surface area contributed by atoms with Crippen LogP contribution < -0.4 is 0 Å². The number of carbonyl (C=O) groups excluding carboxylic acids is 1. The van der Waals surface area contributed by atoms with Gasteiger partial charge in [0.1, 0.15) is 6.10 Å². The van der Waals surface area contributed by atoms with Crippen LogP contribution in [0.15, 0.2) is 18.5 Å². The first kappa shape index (κ1) is 10.3. The molecule has 0 aliphatic carbocycles. The minimum atomic E-state index is -0.470. The van der Waals surface area contributed by atoms with Crippen LogP contribution in [0, 0.1) is 6.92 Å². The summed E-state index contributed by atoms with van der Waals surface area (Å²) in [5.74, 6) is -0.0501. The molecule has 0 bridgehead atoms. The molecule has 0 amide bonds. The highest BCUT2D eigenvalue weighted by Crippen LogP contribution is 2.10. The van der Waals surface area contributed by atoms with Crippen molar-refractivity contribution in [1.82, 2.24) is 4.98 Å². The van der Waals surface area contributed by atoms with Gasteiger partial charge in [0.2, 0.25) is 0 Å². The molecule has 1 unspecified atom stereocenters. The fraction of sp³-hybridized carbons (Fsp3) is 0.455. The number of carbonyl (C=O) groups is 1. The van der Waals surface area contributed by atoms with E-state index < -0.39 is 6.10 Å². The number of hydrogen-bond donors (Lipinski definition) is 0. The lowest BCUT2D eigenvalue weighted by atomic mass is 10.1. The van der Waals surface area contributed by atoms with Crippen LogP contribution in [0.25, 0.3) is 0 Å². The largest absolute Gasteiger partial charge is 0.376 e. The second kappa shape index (κ2) is 4.51. The molecule has 1 atom stereocenters. The zero-order chi connectivity index (χ0) is 10.7. The van der Waals surface area contributed by atoms with E-state index in [1.807, 2.05) is 13.0 Å². The Morgan fingerprint density at radius 2 is 2.33 bits per heavy atom. The van der Waals surface area contributed by atoms with E-state index in [0.29, 0.717) is 25.4 Å². The van der Waals surface area contributed by atoms with E-state index >= 15 is 0 Å². The van der Waals surface area contributed by atoms with E-state index in [0.717, 1.165) is 5.56 Å². The minimum absolute atomic E-state index is 0.0501. The van der Waals surface area contributed by atoms with Crippen LogP contribution >= 0.6 is 0 Å². The van der Waals surface area contributed by atoms with Gasteiger partial charge in [-0.1, -0.05) is 0 Å². The van der Waals surface area contributed by atoms with Gasteiger partial charge in [0.15, 0.2) is 5.78 Å². The first-order valence-corrected chi connectivity index (χ1v) is 4.92. The van der Waals surface area contributed by atoms with Gasteiger partial charge in [0, 0.05) is 18.0 Å². The lowest BCUT2D eigenvalue weighted by molar-refractivity contribution is -0.0719. The summed E-state index contributed by atoms with van der Waals surface area (Å²) in [5.41, 5.74) is 1.56. The van der Waals surface area contributed by atoms with E-state index in [1.165, 1.54) is 0 Å². The molecule has 80 valence electrons. The standard InChI is InChI=1S/C11H13NO3/c1-8-4-9(6-12-5-8)11(13)10-7-14-2-3-15-10/h4-6,10H,2-3,7H2,1H3. The third-order valence-electron chi connectivity index (χ3n) is 2.27. The van der Waals surface area contributed by atoms with Crippen LogP contribution in [0.5, 0.6) is 0 Å². The maximum atomic E-state index is 11.9. The molecule has 0 spiro atoms. The van der Waals surface area contributed by atoms with E-state index in [9.17, 15) is 4.79 Å². The normalized spacial score (nSPS) is 21.3. The molecule has 4 heteroatoms. The van der Waals surface area contributed by atoms with Crippen LogP contribution in [-0.4, -0.2) is 36.7 Å². The third kappa shape index (κ3) is 2.40. The molecule has 0 aromatic carbocycles. The Labute approximate surface area is 88.2 Å². The van der Waals surface area contributed by atoms with Gasteiger partial charge in [-0.05, 0) is 18.6 Å². The van der Waals surface area contributed by atoms with Crippen LogP contribution in [0.1, 0.15) is 15.9 Å². The van der Waals surface area contributed by atoms with Gasteiger partial charge in [-0.3, -0.25) is 9.78 Å². The van der Waals surface area contributed by atoms with Crippen LogP contribution in [0.2, 0.25) is 0 Å². The lowest BCUT2D eigenvalue weighted by Gasteiger charge is -2.21. The number of rotatable bonds is 2. The van der Waals surface area contributed by atoms with Crippen molar-refractivity contribution in [2.45, 2.75) is 13.0 Å². The number of aryl methyl sites for hydroxylation is 1. The molecule has 2 heterocycles. The Morgan fingerprint density at radius 3 is 3.00 bits per heavy atom. The molecule has 0 saturated carbocycles. The molecule has 1 aromatic heterocycles. The zero-order valence-electron chi connectivity index (χ0n) is 8.60. The molecule has 2 rings (SSSR count). The van der Waals surface area contributed by atoms with E-state index in [-0.39, 0.29) is 5.78 Å². The SMILES string of the molecule is Cc1cncc(C(=O)C2COCCO2)c1. The Bertz CT molecular complexity index is 359. The van der Waals surface area contributed by atoms with Gasteiger partial charge < -0.3 is 9.47 Å². The zero-order valence-corrected chi connectivity index (χ0v) is 8.60. The Hall–Kier alpha value is -1.26. The molecule has 4 nitrogen and oxygen atoms in total. The summed E-state index contributed by atoms with van der Waals surface area (Å²) >= 11 is 0. The van der Waals surface area contributed by atoms with Crippen molar-refractivity contribution < 1.29 is 14.3 Å². The topological polar surface area (TPSA) is 48.4 Å². The Morgan fingerprint density at radius 1 is 1.47 bits per heavy atom. The smallest absolute Gasteiger partial charge is 0.195 e. The molecule has 15 heavy (non-hydrogen) atoms. The summed E-state index contributed by atoms with van der Waals surface area (Å²) in [6, 6.07) is 1.81. The second-order valence-electron chi connectivity index (χ2n) is 3.55. The highest BCUT2D eigenvalue weighted by atomic mass is 16.6. The predicted molar refractivity (Wildman–Crippen MR) is 53.9 cm³/mol. The van der Waals surface area contributed by atoms with Crippen molar-refractivity contribution in [3.8, 4) is 0 Å². The molecular formula is C11H13NO3. The molecular weight excluding hydrogens is 194 g/mol.